The second kappa shape index (κ2) is 8.24. The van der Waals surface area contributed by atoms with Crippen molar-refractivity contribution in [3.8, 4) is 0 Å². The molecule has 0 spiro atoms. The monoisotopic (exact) mass is 359 g/mol. The van der Waals surface area contributed by atoms with E-state index < -0.39 is 0 Å². The van der Waals surface area contributed by atoms with Crippen LogP contribution in [-0.4, -0.2) is 71.3 Å². The fourth-order valence-electron chi connectivity index (χ4n) is 4.63. The van der Waals surface area contributed by atoms with Crippen LogP contribution in [-0.2, 0) is 19.6 Å². The lowest BCUT2D eigenvalue weighted by molar-refractivity contribution is 0.188. The van der Waals surface area contributed by atoms with Crippen molar-refractivity contribution in [2.45, 2.75) is 53.2 Å². The van der Waals surface area contributed by atoms with Crippen molar-refractivity contribution in [1.82, 2.24) is 24.5 Å². The predicted octanol–water partition coefficient (Wildman–Crippen LogP) is 2.83. The molecule has 5 heteroatoms. The lowest BCUT2D eigenvalue weighted by Gasteiger charge is -2.29. The van der Waals surface area contributed by atoms with Gasteiger partial charge in [-0.05, 0) is 58.8 Å². The van der Waals surface area contributed by atoms with Crippen LogP contribution >= 0.6 is 0 Å². The van der Waals surface area contributed by atoms with Crippen molar-refractivity contribution in [2.75, 3.05) is 46.8 Å². The van der Waals surface area contributed by atoms with E-state index in [1.54, 1.807) is 0 Å². The minimum Gasteiger partial charge on any atom is -0.306 e. The molecule has 1 saturated heterocycles. The summed E-state index contributed by atoms with van der Waals surface area (Å²) in [7, 11) is 4.48. The van der Waals surface area contributed by atoms with Gasteiger partial charge in [0.2, 0.25) is 0 Å². The second-order valence-corrected chi connectivity index (χ2v) is 9.02. The summed E-state index contributed by atoms with van der Waals surface area (Å²) in [6, 6.07) is 2.34. The number of likely N-dealkylation sites (tertiary alicyclic amines) is 1. The van der Waals surface area contributed by atoms with Gasteiger partial charge in [-0.15, -0.1) is 0 Å². The van der Waals surface area contributed by atoms with Gasteiger partial charge >= 0.3 is 0 Å². The van der Waals surface area contributed by atoms with E-state index in [4.69, 9.17) is 5.10 Å². The van der Waals surface area contributed by atoms with E-state index in [0.29, 0.717) is 5.41 Å². The molecule has 1 aromatic heterocycles. The number of nitrogens with zero attached hydrogens (tertiary/aromatic N) is 5. The van der Waals surface area contributed by atoms with Crippen molar-refractivity contribution >= 4 is 0 Å². The summed E-state index contributed by atoms with van der Waals surface area (Å²) in [6.45, 7) is 15.6. The Hall–Kier alpha value is -1.17. The van der Waals surface area contributed by atoms with Crippen LogP contribution in [0.15, 0.2) is 17.7 Å². The molecule has 0 unspecified atom stereocenters. The van der Waals surface area contributed by atoms with Gasteiger partial charge < -0.3 is 4.90 Å². The minimum atomic E-state index is 0.418. The summed E-state index contributed by atoms with van der Waals surface area (Å²) in [5.41, 5.74) is 4.47. The van der Waals surface area contributed by atoms with Crippen molar-refractivity contribution in [3.63, 3.8) is 0 Å². The Morgan fingerprint density at radius 3 is 2.85 bits per heavy atom. The molecule has 0 amide bonds. The van der Waals surface area contributed by atoms with Gasteiger partial charge in [0, 0.05) is 45.8 Å². The normalized spacial score (nSPS) is 25.7. The van der Waals surface area contributed by atoms with Crippen molar-refractivity contribution in [2.24, 2.45) is 5.41 Å². The van der Waals surface area contributed by atoms with Gasteiger partial charge in [0.25, 0.3) is 0 Å². The maximum Gasteiger partial charge on any atom is 0.0768 e. The van der Waals surface area contributed by atoms with Gasteiger partial charge in [-0.3, -0.25) is 14.5 Å². The fourth-order valence-corrected chi connectivity index (χ4v) is 4.63. The number of hydrogen-bond donors (Lipinski definition) is 0. The topological polar surface area (TPSA) is 27.5 Å². The molecule has 26 heavy (non-hydrogen) atoms. The van der Waals surface area contributed by atoms with E-state index >= 15 is 0 Å². The Morgan fingerprint density at radius 1 is 1.35 bits per heavy atom. The first-order valence-electron chi connectivity index (χ1n) is 10.1. The van der Waals surface area contributed by atoms with Crippen LogP contribution in [0, 0.1) is 5.41 Å². The Labute approximate surface area is 159 Å². The van der Waals surface area contributed by atoms with E-state index in [-0.39, 0.29) is 0 Å². The molecule has 3 heterocycles. The van der Waals surface area contributed by atoms with E-state index in [2.05, 4.69) is 66.4 Å². The number of allylic oxidation sites excluding steroid dienone is 1. The molecule has 0 aromatic carbocycles. The van der Waals surface area contributed by atoms with E-state index in [0.717, 1.165) is 39.3 Å². The highest BCUT2D eigenvalue weighted by Crippen LogP contribution is 2.30. The first-order chi connectivity index (χ1) is 12.4. The van der Waals surface area contributed by atoms with Crippen molar-refractivity contribution in [3.05, 3.63) is 29.1 Å². The highest BCUT2D eigenvalue weighted by atomic mass is 15.3. The number of fused-ring (bicyclic) bond motifs is 1. The maximum absolute atomic E-state index is 4.92. The average molecular weight is 360 g/mol. The highest BCUT2D eigenvalue weighted by Gasteiger charge is 2.33. The number of hydrogen-bond acceptors (Lipinski definition) is 4. The minimum absolute atomic E-state index is 0.418. The van der Waals surface area contributed by atoms with Crippen LogP contribution in [0.4, 0.5) is 0 Å². The summed E-state index contributed by atoms with van der Waals surface area (Å²) in [4.78, 5) is 7.47. The summed E-state index contributed by atoms with van der Waals surface area (Å²) in [6.07, 6.45) is 4.71. The standard InChI is InChI=1S/C21H37N5/c1-6-18(2)13-25-9-7-10-26-20(15-25)12-19(22-26)14-24(5)17-21(3)8-11-23(4)16-21/h6,12H,7-11,13-17H2,1-5H3/b18-6+/t21-/m0/s1. The predicted molar refractivity (Wildman–Crippen MR) is 108 cm³/mol. The van der Waals surface area contributed by atoms with E-state index in [1.807, 2.05) is 0 Å². The van der Waals surface area contributed by atoms with Crippen LogP contribution in [0.5, 0.6) is 0 Å². The zero-order valence-electron chi connectivity index (χ0n) is 17.5. The Bertz CT molecular complexity index is 634. The first kappa shape index (κ1) is 19.6. The summed E-state index contributed by atoms with van der Waals surface area (Å²) < 4.78 is 2.25. The molecule has 146 valence electrons. The third kappa shape index (κ3) is 4.96. The van der Waals surface area contributed by atoms with Gasteiger partial charge in [0.05, 0.1) is 11.4 Å². The molecule has 1 atom stereocenters. The molecule has 0 N–H and O–H groups in total. The molecule has 5 nitrogen and oxygen atoms in total. The van der Waals surface area contributed by atoms with Crippen LogP contribution < -0.4 is 0 Å². The van der Waals surface area contributed by atoms with Crippen LogP contribution in [0.1, 0.15) is 45.0 Å². The maximum atomic E-state index is 4.92. The second-order valence-electron chi connectivity index (χ2n) is 9.02. The zero-order valence-corrected chi connectivity index (χ0v) is 17.5. The number of aromatic nitrogens is 2. The smallest absolute Gasteiger partial charge is 0.0768 e. The molecule has 0 bridgehead atoms. The van der Waals surface area contributed by atoms with Crippen LogP contribution in [0.3, 0.4) is 0 Å². The molecular weight excluding hydrogens is 322 g/mol. The Balaban J connectivity index is 1.60. The molecule has 2 aliphatic rings. The lowest BCUT2D eigenvalue weighted by Crippen LogP contribution is -2.35. The third-order valence-corrected chi connectivity index (χ3v) is 5.94. The molecule has 0 radical (unpaired) electrons. The largest absolute Gasteiger partial charge is 0.306 e. The number of aryl methyl sites for hydroxylation is 1. The molecule has 2 aliphatic heterocycles. The molecule has 1 fully saturated rings. The van der Waals surface area contributed by atoms with Crippen LogP contribution in [0.2, 0.25) is 0 Å². The Morgan fingerprint density at radius 2 is 2.15 bits per heavy atom. The van der Waals surface area contributed by atoms with E-state index in [9.17, 15) is 0 Å². The van der Waals surface area contributed by atoms with Gasteiger partial charge in [-0.1, -0.05) is 18.6 Å². The van der Waals surface area contributed by atoms with Gasteiger partial charge in [-0.2, -0.15) is 5.10 Å². The summed E-state index contributed by atoms with van der Waals surface area (Å²) >= 11 is 0. The Kier molecular flexibility index (Phi) is 6.21. The van der Waals surface area contributed by atoms with Crippen molar-refractivity contribution in [1.29, 1.82) is 0 Å². The van der Waals surface area contributed by atoms with Gasteiger partial charge in [0.15, 0.2) is 0 Å². The summed E-state index contributed by atoms with van der Waals surface area (Å²) in [5, 5.41) is 4.92. The lowest BCUT2D eigenvalue weighted by atomic mass is 9.89. The first-order valence-corrected chi connectivity index (χ1v) is 10.1. The highest BCUT2D eigenvalue weighted by molar-refractivity contribution is 5.12. The quantitative estimate of drug-likeness (QED) is 0.730. The van der Waals surface area contributed by atoms with Crippen LogP contribution in [0.25, 0.3) is 0 Å². The number of rotatable bonds is 6. The van der Waals surface area contributed by atoms with Gasteiger partial charge in [0.1, 0.15) is 0 Å². The molecule has 3 rings (SSSR count). The molecule has 1 aromatic rings. The zero-order chi connectivity index (χ0) is 18.7. The average Bonchev–Trinajstić information content (AvgIpc) is 3.03. The SMILES string of the molecule is C/C=C(\C)CN1CCCn2nc(CN(C)C[C@@]3(C)CCN(C)C3)cc2C1. The molecular formula is C21H37N5. The van der Waals surface area contributed by atoms with E-state index in [1.165, 1.54) is 42.9 Å². The molecule has 0 saturated carbocycles. The fraction of sp³-hybridized carbons (Fsp3) is 0.762. The third-order valence-electron chi connectivity index (χ3n) is 5.94. The van der Waals surface area contributed by atoms with Crippen molar-refractivity contribution < 1.29 is 0 Å². The summed E-state index contributed by atoms with van der Waals surface area (Å²) in [5.74, 6) is 0. The van der Waals surface area contributed by atoms with Gasteiger partial charge in [-0.25, -0.2) is 0 Å². The molecule has 0 aliphatic carbocycles.